The van der Waals surface area contributed by atoms with Crippen molar-refractivity contribution in [3.05, 3.63) is 11.2 Å². The lowest BCUT2D eigenvalue weighted by molar-refractivity contribution is 0.244. The van der Waals surface area contributed by atoms with Gasteiger partial charge in [0.05, 0.1) is 0 Å². The SMILES string of the molecule is O=P(O)(O)OC1=CSCC[S+]([O-])C1. The van der Waals surface area contributed by atoms with Gasteiger partial charge in [0.2, 0.25) is 0 Å². The Kier molecular flexibility index (Phi) is 4.15. The topological polar surface area (TPSA) is 89.8 Å². The van der Waals surface area contributed by atoms with Crippen LogP contribution in [0.15, 0.2) is 11.2 Å². The molecule has 0 spiro atoms. The summed E-state index contributed by atoms with van der Waals surface area (Å²) in [5.74, 6) is 1.39. The van der Waals surface area contributed by atoms with E-state index in [-0.39, 0.29) is 11.5 Å². The van der Waals surface area contributed by atoms with Crippen molar-refractivity contribution in [3.8, 4) is 0 Å². The predicted octanol–water partition coefficient (Wildman–Crippen LogP) is 0.433. The fourth-order valence-corrected chi connectivity index (χ4v) is 3.61. The van der Waals surface area contributed by atoms with Crippen molar-refractivity contribution in [2.24, 2.45) is 0 Å². The van der Waals surface area contributed by atoms with Crippen molar-refractivity contribution in [2.45, 2.75) is 0 Å². The van der Waals surface area contributed by atoms with Crippen LogP contribution in [0, 0.1) is 0 Å². The summed E-state index contributed by atoms with van der Waals surface area (Å²) in [7, 11) is -4.50. The number of thioether (sulfide) groups is 1. The molecule has 1 aliphatic heterocycles. The third kappa shape index (κ3) is 4.95. The van der Waals surface area contributed by atoms with E-state index in [4.69, 9.17) is 9.79 Å². The minimum Gasteiger partial charge on any atom is -0.616 e. The van der Waals surface area contributed by atoms with E-state index < -0.39 is 19.0 Å². The van der Waals surface area contributed by atoms with E-state index in [1.807, 2.05) is 0 Å². The number of hydrogen-bond donors (Lipinski definition) is 2. The highest BCUT2D eigenvalue weighted by molar-refractivity contribution is 8.03. The van der Waals surface area contributed by atoms with Crippen LogP contribution in [-0.4, -0.2) is 31.6 Å². The molecule has 0 aromatic rings. The van der Waals surface area contributed by atoms with Crippen LogP contribution in [0.1, 0.15) is 0 Å². The summed E-state index contributed by atoms with van der Waals surface area (Å²) < 4.78 is 25.9. The van der Waals surface area contributed by atoms with Gasteiger partial charge in [-0.2, -0.15) is 0 Å². The van der Waals surface area contributed by atoms with E-state index in [2.05, 4.69) is 4.52 Å². The highest BCUT2D eigenvalue weighted by Gasteiger charge is 2.23. The van der Waals surface area contributed by atoms with Gasteiger partial charge in [-0.05, 0) is 11.2 Å². The van der Waals surface area contributed by atoms with Crippen molar-refractivity contribution < 1.29 is 23.4 Å². The van der Waals surface area contributed by atoms with Crippen molar-refractivity contribution in [1.82, 2.24) is 0 Å². The third-order valence-electron chi connectivity index (χ3n) is 1.18. The second-order valence-corrected chi connectivity index (χ2v) is 6.04. The maximum Gasteiger partial charge on any atom is 0.524 e. The van der Waals surface area contributed by atoms with Gasteiger partial charge in [0.15, 0.2) is 11.5 Å². The summed E-state index contributed by atoms with van der Waals surface area (Å²) in [6.07, 6.45) is 0. The Morgan fingerprint density at radius 3 is 3.00 bits per heavy atom. The average Bonchev–Trinajstić information content (AvgIpc) is 2.10. The molecule has 1 atom stereocenters. The molecule has 0 fully saturated rings. The highest BCUT2D eigenvalue weighted by Crippen LogP contribution is 2.40. The molecule has 0 amide bonds. The Bertz CT molecular complexity index is 249. The molecule has 5 nitrogen and oxygen atoms in total. The van der Waals surface area contributed by atoms with E-state index in [1.54, 1.807) is 0 Å². The summed E-state index contributed by atoms with van der Waals surface area (Å²) >= 11 is 0.265. The summed E-state index contributed by atoms with van der Waals surface area (Å²) in [5, 5.41) is 1.50. The van der Waals surface area contributed by atoms with Crippen LogP contribution in [0.2, 0.25) is 0 Å². The lowest BCUT2D eigenvalue weighted by atomic mass is 10.7. The second kappa shape index (κ2) is 4.72. The van der Waals surface area contributed by atoms with E-state index in [0.29, 0.717) is 11.5 Å². The van der Waals surface area contributed by atoms with Crippen LogP contribution in [-0.2, 0) is 20.3 Å². The maximum absolute atomic E-state index is 11.1. The molecule has 0 saturated heterocycles. The molecule has 1 aliphatic rings. The molecular weight excluding hydrogens is 235 g/mol. The third-order valence-corrected chi connectivity index (χ3v) is 4.05. The first kappa shape index (κ1) is 11.4. The highest BCUT2D eigenvalue weighted by atomic mass is 32.2. The first-order chi connectivity index (χ1) is 5.97. The van der Waals surface area contributed by atoms with Crippen molar-refractivity contribution in [3.63, 3.8) is 0 Å². The van der Waals surface area contributed by atoms with Crippen LogP contribution < -0.4 is 0 Å². The quantitative estimate of drug-likeness (QED) is 0.541. The fraction of sp³-hybridized carbons (Fsp3) is 0.600. The molecule has 2 N–H and O–H groups in total. The summed E-state index contributed by atoms with van der Waals surface area (Å²) in [6.45, 7) is 0. The molecule has 0 aromatic carbocycles. The molecule has 0 radical (unpaired) electrons. The molecule has 76 valence electrons. The van der Waals surface area contributed by atoms with Gasteiger partial charge in [0.1, 0.15) is 5.75 Å². The summed E-state index contributed by atoms with van der Waals surface area (Å²) in [5.41, 5.74) is 0. The van der Waals surface area contributed by atoms with E-state index in [0.717, 1.165) is 0 Å². The molecule has 0 bridgehead atoms. The first-order valence-corrected chi connectivity index (χ1v) is 7.45. The van der Waals surface area contributed by atoms with Gasteiger partial charge in [-0.25, -0.2) is 4.57 Å². The van der Waals surface area contributed by atoms with Crippen molar-refractivity contribution in [2.75, 3.05) is 17.3 Å². The Morgan fingerprint density at radius 2 is 2.38 bits per heavy atom. The summed E-state index contributed by atoms with van der Waals surface area (Å²) in [4.78, 5) is 17.0. The minimum atomic E-state index is -4.50. The first-order valence-electron chi connectivity index (χ1n) is 3.38. The van der Waals surface area contributed by atoms with Gasteiger partial charge >= 0.3 is 7.82 Å². The fourth-order valence-electron chi connectivity index (χ4n) is 0.758. The number of phosphoric acid groups is 1. The van der Waals surface area contributed by atoms with Crippen LogP contribution in [0.4, 0.5) is 0 Å². The smallest absolute Gasteiger partial charge is 0.524 e. The molecule has 0 aliphatic carbocycles. The standard InChI is InChI=1S/C5H9O5PS2/c6-11(7,8)10-5-3-12-1-2-13(9)4-5/h3H,1-2,4H2,(H2,6,7,8). The van der Waals surface area contributed by atoms with Crippen molar-refractivity contribution in [1.29, 1.82) is 0 Å². The van der Waals surface area contributed by atoms with Gasteiger partial charge in [-0.15, -0.1) is 11.8 Å². The zero-order valence-electron chi connectivity index (χ0n) is 6.58. The van der Waals surface area contributed by atoms with Gasteiger partial charge in [-0.3, -0.25) is 9.79 Å². The van der Waals surface area contributed by atoms with E-state index in [9.17, 15) is 9.12 Å². The molecular formula is C5H9O5PS2. The van der Waals surface area contributed by atoms with Crippen LogP contribution in [0.25, 0.3) is 0 Å². The van der Waals surface area contributed by atoms with Gasteiger partial charge in [-0.1, -0.05) is 0 Å². The molecule has 1 heterocycles. The molecule has 0 aromatic heterocycles. The van der Waals surface area contributed by atoms with Crippen LogP contribution in [0.3, 0.4) is 0 Å². The second-order valence-electron chi connectivity index (χ2n) is 2.33. The number of phosphoric ester groups is 1. The maximum atomic E-state index is 11.1. The predicted molar refractivity (Wildman–Crippen MR) is 51.5 cm³/mol. The summed E-state index contributed by atoms with van der Waals surface area (Å²) in [6, 6.07) is 0. The monoisotopic (exact) mass is 244 g/mol. The zero-order valence-corrected chi connectivity index (χ0v) is 9.11. The van der Waals surface area contributed by atoms with Crippen LogP contribution in [0.5, 0.6) is 0 Å². The Balaban J connectivity index is 2.57. The largest absolute Gasteiger partial charge is 0.616 e. The number of rotatable bonds is 2. The minimum absolute atomic E-state index is 0.0815. The van der Waals surface area contributed by atoms with E-state index >= 15 is 0 Å². The van der Waals surface area contributed by atoms with Gasteiger partial charge < -0.3 is 9.08 Å². The van der Waals surface area contributed by atoms with Crippen LogP contribution >= 0.6 is 19.6 Å². The lowest BCUT2D eigenvalue weighted by Gasteiger charge is -2.11. The Morgan fingerprint density at radius 1 is 1.69 bits per heavy atom. The Labute approximate surface area is 83.0 Å². The van der Waals surface area contributed by atoms with Crippen molar-refractivity contribution >= 4 is 30.8 Å². The van der Waals surface area contributed by atoms with Gasteiger partial charge in [0, 0.05) is 11.2 Å². The molecule has 0 saturated carbocycles. The zero-order chi connectivity index (χ0) is 9.90. The van der Waals surface area contributed by atoms with E-state index in [1.165, 1.54) is 17.2 Å². The average molecular weight is 244 g/mol. The van der Waals surface area contributed by atoms with Gasteiger partial charge in [0.25, 0.3) is 0 Å². The molecule has 13 heavy (non-hydrogen) atoms. The Hall–Kier alpha value is 0.350. The number of hydrogen-bond acceptors (Lipinski definition) is 4. The lowest BCUT2D eigenvalue weighted by Crippen LogP contribution is -2.13. The molecule has 1 unspecified atom stereocenters. The molecule has 8 heteroatoms. The molecule has 1 rings (SSSR count). The normalized spacial score (nSPS) is 24.8.